The zero-order valence-electron chi connectivity index (χ0n) is 12.4. The van der Waals surface area contributed by atoms with Crippen LogP contribution < -0.4 is 11.1 Å². The average Bonchev–Trinajstić information content (AvgIpc) is 2.99. The van der Waals surface area contributed by atoms with Crippen molar-refractivity contribution in [1.29, 1.82) is 0 Å². The van der Waals surface area contributed by atoms with Crippen molar-refractivity contribution in [2.75, 3.05) is 5.32 Å². The third-order valence-electron chi connectivity index (χ3n) is 4.16. The van der Waals surface area contributed by atoms with Crippen molar-refractivity contribution in [3.8, 4) is 0 Å². The van der Waals surface area contributed by atoms with Gasteiger partial charge in [0.2, 0.25) is 0 Å². The van der Waals surface area contributed by atoms with Gasteiger partial charge >= 0.3 is 0 Å². The fourth-order valence-corrected chi connectivity index (χ4v) is 3.12. The van der Waals surface area contributed by atoms with Gasteiger partial charge in [0, 0.05) is 17.8 Å². The van der Waals surface area contributed by atoms with Crippen LogP contribution >= 0.6 is 0 Å². The Morgan fingerprint density at radius 1 is 1.13 bits per heavy atom. The molecular formula is C18H16N4O. The molecule has 2 aromatic carbocycles. The van der Waals surface area contributed by atoms with Gasteiger partial charge < -0.3 is 16.0 Å². The maximum absolute atomic E-state index is 11.8. The van der Waals surface area contributed by atoms with Crippen LogP contribution in [0.3, 0.4) is 0 Å². The monoisotopic (exact) mass is 304 g/mol. The van der Waals surface area contributed by atoms with Crippen LogP contribution in [0.15, 0.2) is 71.0 Å². The average molecular weight is 304 g/mol. The second-order valence-electron chi connectivity index (χ2n) is 5.64. The summed E-state index contributed by atoms with van der Waals surface area (Å²) in [6.45, 7) is 0.721. The molecule has 1 amide bonds. The van der Waals surface area contributed by atoms with Crippen molar-refractivity contribution in [3.05, 3.63) is 77.1 Å². The molecule has 2 aliphatic rings. The molecule has 23 heavy (non-hydrogen) atoms. The number of nitrogens with zero attached hydrogens (tertiary/aromatic N) is 2. The summed E-state index contributed by atoms with van der Waals surface area (Å²) in [7, 11) is 0. The highest BCUT2D eigenvalue weighted by molar-refractivity contribution is 5.98. The van der Waals surface area contributed by atoms with Gasteiger partial charge in [-0.25, -0.2) is 4.99 Å². The minimum absolute atomic E-state index is 0.0878. The van der Waals surface area contributed by atoms with Crippen LogP contribution in [0.5, 0.6) is 0 Å². The lowest BCUT2D eigenvalue weighted by Crippen LogP contribution is -2.31. The fourth-order valence-electron chi connectivity index (χ4n) is 3.12. The summed E-state index contributed by atoms with van der Waals surface area (Å²) in [6, 6.07) is 18.0. The minimum atomic E-state index is -0.488. The molecule has 5 nitrogen and oxygen atoms in total. The van der Waals surface area contributed by atoms with Crippen LogP contribution in [0.2, 0.25) is 0 Å². The molecule has 0 saturated heterocycles. The van der Waals surface area contributed by atoms with Crippen molar-refractivity contribution in [2.24, 2.45) is 10.7 Å². The molecule has 0 aliphatic carbocycles. The number of rotatable bonds is 3. The van der Waals surface area contributed by atoms with Crippen LogP contribution in [-0.2, 0) is 11.3 Å². The van der Waals surface area contributed by atoms with E-state index in [0.29, 0.717) is 11.4 Å². The Hall–Kier alpha value is -3.08. The van der Waals surface area contributed by atoms with Gasteiger partial charge in [0.25, 0.3) is 5.91 Å². The Morgan fingerprint density at radius 2 is 1.87 bits per heavy atom. The van der Waals surface area contributed by atoms with Crippen molar-refractivity contribution >= 4 is 17.9 Å². The number of hydrogen-bond donors (Lipinski definition) is 2. The summed E-state index contributed by atoms with van der Waals surface area (Å²) in [5.41, 5.74) is 9.78. The number of para-hydroxylation sites is 1. The van der Waals surface area contributed by atoms with Crippen LogP contribution in [0.25, 0.3) is 0 Å². The van der Waals surface area contributed by atoms with Gasteiger partial charge in [-0.2, -0.15) is 0 Å². The maximum atomic E-state index is 11.8. The maximum Gasteiger partial charge on any atom is 0.267 e. The van der Waals surface area contributed by atoms with E-state index in [2.05, 4.69) is 33.4 Å². The number of amides is 1. The predicted molar refractivity (Wildman–Crippen MR) is 89.5 cm³/mol. The van der Waals surface area contributed by atoms with E-state index in [4.69, 9.17) is 5.73 Å². The Morgan fingerprint density at radius 3 is 2.65 bits per heavy atom. The van der Waals surface area contributed by atoms with Crippen molar-refractivity contribution < 1.29 is 4.79 Å². The van der Waals surface area contributed by atoms with Gasteiger partial charge in [-0.1, -0.05) is 48.5 Å². The van der Waals surface area contributed by atoms with Crippen molar-refractivity contribution in [3.63, 3.8) is 0 Å². The Bertz CT molecular complexity index is 826. The molecule has 1 unspecified atom stereocenters. The number of carbonyl (C=O) groups is 1. The van der Waals surface area contributed by atoms with E-state index < -0.39 is 5.91 Å². The number of nitrogens with one attached hydrogen (secondary N) is 1. The second kappa shape index (κ2) is 5.28. The topological polar surface area (TPSA) is 70.7 Å². The number of fused-ring (bicyclic) bond motifs is 3. The summed E-state index contributed by atoms with van der Waals surface area (Å²) >= 11 is 0. The first-order chi connectivity index (χ1) is 11.2. The molecule has 2 aliphatic heterocycles. The lowest BCUT2D eigenvalue weighted by Gasteiger charge is -2.31. The smallest absolute Gasteiger partial charge is 0.267 e. The number of hydrogen-bond acceptors (Lipinski definition) is 4. The molecule has 0 fully saturated rings. The lowest BCUT2D eigenvalue weighted by atomic mass is 9.95. The summed E-state index contributed by atoms with van der Waals surface area (Å²) in [5.74, 6) is -0.488. The Labute approximate surface area is 134 Å². The first-order valence-electron chi connectivity index (χ1n) is 7.48. The highest BCUT2D eigenvalue weighted by Gasteiger charge is 2.36. The molecule has 2 aromatic rings. The molecule has 1 atom stereocenters. The van der Waals surface area contributed by atoms with Gasteiger partial charge in [0.1, 0.15) is 11.7 Å². The number of anilines is 1. The zero-order chi connectivity index (χ0) is 15.8. The molecule has 0 bridgehead atoms. The molecule has 3 N–H and O–H groups in total. The highest BCUT2D eigenvalue weighted by atomic mass is 16.1. The molecule has 5 heteroatoms. The van der Waals surface area contributed by atoms with E-state index in [1.165, 1.54) is 5.56 Å². The first kappa shape index (κ1) is 13.6. The number of benzene rings is 2. The summed E-state index contributed by atoms with van der Waals surface area (Å²) in [4.78, 5) is 18.4. The van der Waals surface area contributed by atoms with Crippen molar-refractivity contribution in [2.45, 2.75) is 12.6 Å². The van der Waals surface area contributed by atoms with Gasteiger partial charge in [0.05, 0.1) is 12.0 Å². The van der Waals surface area contributed by atoms with E-state index >= 15 is 0 Å². The Balaban J connectivity index is 1.76. The molecule has 2 heterocycles. The number of nitrogens with two attached hydrogens (primary N) is 1. The zero-order valence-corrected chi connectivity index (χ0v) is 12.4. The molecule has 0 radical (unpaired) electrons. The van der Waals surface area contributed by atoms with Crippen molar-refractivity contribution in [1.82, 2.24) is 4.90 Å². The van der Waals surface area contributed by atoms with Gasteiger partial charge in [-0.15, -0.1) is 0 Å². The summed E-state index contributed by atoms with van der Waals surface area (Å²) < 4.78 is 0. The third-order valence-corrected chi connectivity index (χ3v) is 4.16. The van der Waals surface area contributed by atoms with E-state index in [0.717, 1.165) is 17.8 Å². The third kappa shape index (κ3) is 2.26. The molecule has 4 rings (SSSR count). The van der Waals surface area contributed by atoms with Crippen LogP contribution in [0.1, 0.15) is 17.2 Å². The standard InChI is InChI=1S/C18H16N4O/c19-18(23)16-15-17(13-8-4-5-9-14(13)21-16)22(11-20-15)10-12-6-2-1-3-7-12/h1-9,11,17,21H,10H2,(H2,19,23). The predicted octanol–water partition coefficient (Wildman–Crippen LogP) is 2.39. The quantitative estimate of drug-likeness (QED) is 0.914. The van der Waals surface area contributed by atoms with Crippen LogP contribution in [0, 0.1) is 0 Å². The number of primary amides is 1. The van der Waals surface area contributed by atoms with Gasteiger partial charge in [0.15, 0.2) is 0 Å². The highest BCUT2D eigenvalue weighted by Crippen LogP contribution is 2.42. The van der Waals surface area contributed by atoms with Crippen LogP contribution in [0.4, 0.5) is 5.69 Å². The van der Waals surface area contributed by atoms with E-state index in [1.54, 1.807) is 6.34 Å². The number of aliphatic imine (C=N–C) groups is 1. The van der Waals surface area contributed by atoms with E-state index in [9.17, 15) is 4.79 Å². The SMILES string of the molecule is NC(=O)C1=C2N=CN(Cc3ccccc3)C2c2ccccc2N1. The molecule has 0 aromatic heterocycles. The molecule has 0 spiro atoms. The lowest BCUT2D eigenvalue weighted by molar-refractivity contribution is -0.114. The summed E-state index contributed by atoms with van der Waals surface area (Å²) in [5, 5.41) is 3.12. The largest absolute Gasteiger partial charge is 0.364 e. The molecule has 114 valence electrons. The number of carbonyl (C=O) groups excluding carboxylic acids is 1. The second-order valence-corrected chi connectivity index (χ2v) is 5.64. The molecule has 0 saturated carbocycles. The van der Waals surface area contributed by atoms with Crippen LogP contribution in [-0.4, -0.2) is 17.1 Å². The minimum Gasteiger partial charge on any atom is -0.364 e. The molecular weight excluding hydrogens is 288 g/mol. The van der Waals surface area contributed by atoms with Gasteiger partial charge in [-0.3, -0.25) is 4.79 Å². The normalized spacial score (nSPS) is 18.4. The Kier molecular flexibility index (Phi) is 3.12. The fraction of sp³-hybridized carbons (Fsp3) is 0.111. The van der Waals surface area contributed by atoms with E-state index in [-0.39, 0.29) is 6.04 Å². The van der Waals surface area contributed by atoms with Gasteiger partial charge in [-0.05, 0) is 11.6 Å². The first-order valence-corrected chi connectivity index (χ1v) is 7.48. The summed E-state index contributed by atoms with van der Waals surface area (Å²) in [6.07, 6.45) is 1.79. The van der Waals surface area contributed by atoms with E-state index in [1.807, 2.05) is 36.4 Å².